The molecule has 1 aromatic heterocycles. The summed E-state index contributed by atoms with van der Waals surface area (Å²) < 4.78 is 15.9. The van der Waals surface area contributed by atoms with E-state index in [2.05, 4.69) is 21.0 Å². The zero-order chi connectivity index (χ0) is 10.8. The molecular formula is C10H7BrClFN2. The lowest BCUT2D eigenvalue weighted by molar-refractivity contribution is 0.608. The molecule has 0 saturated heterocycles. The van der Waals surface area contributed by atoms with Gasteiger partial charge in [-0.2, -0.15) is 5.10 Å². The minimum Gasteiger partial charge on any atom is -0.237 e. The van der Waals surface area contributed by atoms with Crippen LogP contribution in [0, 0.1) is 5.82 Å². The topological polar surface area (TPSA) is 17.8 Å². The summed E-state index contributed by atoms with van der Waals surface area (Å²) in [5, 5.41) is 4.03. The highest BCUT2D eigenvalue weighted by atomic mass is 79.9. The van der Waals surface area contributed by atoms with Crippen LogP contribution in [0.3, 0.4) is 0 Å². The molecule has 0 saturated carbocycles. The minimum absolute atomic E-state index is 0.255. The predicted molar refractivity (Wildman–Crippen MR) is 60.8 cm³/mol. The summed E-state index contributed by atoms with van der Waals surface area (Å²) in [5.41, 5.74) is 1.12. The summed E-state index contributed by atoms with van der Waals surface area (Å²) >= 11 is 9.00. The van der Waals surface area contributed by atoms with Gasteiger partial charge in [-0.1, -0.05) is 12.1 Å². The normalized spacial score (nSPS) is 10.6. The van der Waals surface area contributed by atoms with Crippen LogP contribution in [0.1, 0.15) is 5.56 Å². The third-order valence-electron chi connectivity index (χ3n) is 1.99. The number of para-hydroxylation sites is 1. The van der Waals surface area contributed by atoms with Crippen LogP contribution in [0.25, 0.3) is 5.69 Å². The molecule has 0 bridgehead atoms. The molecule has 0 radical (unpaired) electrons. The van der Waals surface area contributed by atoms with Gasteiger partial charge < -0.3 is 0 Å². The van der Waals surface area contributed by atoms with Crippen molar-refractivity contribution in [1.82, 2.24) is 9.78 Å². The Labute approximate surface area is 99.8 Å². The lowest BCUT2D eigenvalue weighted by Crippen LogP contribution is -2.02. The van der Waals surface area contributed by atoms with Crippen molar-refractivity contribution in [2.75, 3.05) is 0 Å². The molecule has 0 unspecified atom stereocenters. The Kier molecular flexibility index (Phi) is 3.07. The summed E-state index contributed by atoms with van der Waals surface area (Å²) in [5.74, 6) is -0.0753. The Morgan fingerprint density at radius 2 is 2.27 bits per heavy atom. The van der Waals surface area contributed by atoms with E-state index in [0.29, 0.717) is 11.3 Å². The molecule has 0 fully saturated rings. The van der Waals surface area contributed by atoms with Crippen LogP contribution < -0.4 is 0 Å². The second kappa shape index (κ2) is 4.33. The van der Waals surface area contributed by atoms with Gasteiger partial charge in [0.05, 0.1) is 10.7 Å². The number of hydrogen-bond donors (Lipinski definition) is 0. The Morgan fingerprint density at radius 1 is 1.47 bits per heavy atom. The van der Waals surface area contributed by atoms with Gasteiger partial charge in [0.15, 0.2) is 0 Å². The third-order valence-corrected chi connectivity index (χ3v) is 2.69. The van der Waals surface area contributed by atoms with Crippen molar-refractivity contribution in [3.8, 4) is 5.69 Å². The minimum atomic E-state index is -0.330. The van der Waals surface area contributed by atoms with Gasteiger partial charge in [-0.15, -0.1) is 11.6 Å². The van der Waals surface area contributed by atoms with Crippen molar-refractivity contribution in [3.05, 3.63) is 46.4 Å². The maximum atomic E-state index is 13.6. The second-order valence-corrected chi connectivity index (χ2v) is 4.17. The van der Waals surface area contributed by atoms with Crippen LogP contribution in [0.15, 0.2) is 35.1 Å². The molecule has 5 heteroatoms. The van der Waals surface area contributed by atoms with E-state index in [4.69, 9.17) is 11.6 Å². The SMILES string of the molecule is Fc1cccc(CCl)c1-n1cc(Br)cn1. The van der Waals surface area contributed by atoms with Crippen LogP contribution in [0.5, 0.6) is 0 Å². The fourth-order valence-corrected chi connectivity index (χ4v) is 1.85. The molecule has 1 aromatic carbocycles. The van der Waals surface area contributed by atoms with Crippen LogP contribution in [-0.4, -0.2) is 9.78 Å². The zero-order valence-corrected chi connectivity index (χ0v) is 9.96. The summed E-state index contributed by atoms with van der Waals surface area (Å²) in [6.07, 6.45) is 3.29. The number of nitrogens with zero attached hydrogens (tertiary/aromatic N) is 2. The van der Waals surface area contributed by atoms with Crippen molar-refractivity contribution >= 4 is 27.5 Å². The molecule has 2 aromatic rings. The highest BCUT2D eigenvalue weighted by molar-refractivity contribution is 9.10. The molecule has 15 heavy (non-hydrogen) atoms. The summed E-state index contributed by atoms with van der Waals surface area (Å²) in [6, 6.07) is 4.80. The average molecular weight is 290 g/mol. The smallest absolute Gasteiger partial charge is 0.149 e. The van der Waals surface area contributed by atoms with E-state index in [1.165, 1.54) is 10.7 Å². The summed E-state index contributed by atoms with van der Waals surface area (Å²) in [4.78, 5) is 0. The Bertz CT molecular complexity index is 484. The van der Waals surface area contributed by atoms with Gasteiger partial charge in [0, 0.05) is 12.1 Å². The van der Waals surface area contributed by atoms with Gasteiger partial charge in [0.2, 0.25) is 0 Å². The van der Waals surface area contributed by atoms with E-state index >= 15 is 0 Å². The van der Waals surface area contributed by atoms with E-state index in [-0.39, 0.29) is 11.7 Å². The van der Waals surface area contributed by atoms with Gasteiger partial charge in [-0.25, -0.2) is 9.07 Å². The number of rotatable bonds is 2. The number of alkyl halides is 1. The molecule has 2 rings (SSSR count). The molecule has 0 aliphatic carbocycles. The molecule has 0 atom stereocenters. The van der Waals surface area contributed by atoms with Crippen LogP contribution in [0.4, 0.5) is 4.39 Å². The fraction of sp³-hybridized carbons (Fsp3) is 0.100. The first-order valence-corrected chi connectivity index (χ1v) is 5.59. The van der Waals surface area contributed by atoms with Gasteiger partial charge >= 0.3 is 0 Å². The van der Waals surface area contributed by atoms with E-state index in [1.807, 2.05) is 0 Å². The maximum Gasteiger partial charge on any atom is 0.149 e. The van der Waals surface area contributed by atoms with Crippen LogP contribution in [-0.2, 0) is 5.88 Å². The van der Waals surface area contributed by atoms with Crippen molar-refractivity contribution in [2.45, 2.75) is 5.88 Å². The van der Waals surface area contributed by atoms with Crippen LogP contribution >= 0.6 is 27.5 Å². The van der Waals surface area contributed by atoms with Gasteiger partial charge in [0.25, 0.3) is 0 Å². The predicted octanol–water partition coefficient (Wildman–Crippen LogP) is 3.51. The van der Waals surface area contributed by atoms with Gasteiger partial charge in [0.1, 0.15) is 11.5 Å². The second-order valence-electron chi connectivity index (χ2n) is 2.98. The zero-order valence-electron chi connectivity index (χ0n) is 7.62. The molecule has 0 amide bonds. The molecule has 0 aliphatic heterocycles. The summed E-state index contributed by atoms with van der Waals surface area (Å²) in [6.45, 7) is 0. The lowest BCUT2D eigenvalue weighted by Gasteiger charge is -2.07. The highest BCUT2D eigenvalue weighted by Crippen LogP contribution is 2.21. The molecule has 78 valence electrons. The number of hydrogen-bond acceptors (Lipinski definition) is 1. The lowest BCUT2D eigenvalue weighted by atomic mass is 10.2. The quantitative estimate of drug-likeness (QED) is 0.774. The van der Waals surface area contributed by atoms with E-state index in [9.17, 15) is 4.39 Å². The molecule has 2 nitrogen and oxygen atoms in total. The van der Waals surface area contributed by atoms with Gasteiger partial charge in [-0.3, -0.25) is 0 Å². The highest BCUT2D eigenvalue weighted by Gasteiger charge is 2.10. The third kappa shape index (κ3) is 2.06. The first kappa shape index (κ1) is 10.6. The molecule has 0 N–H and O–H groups in total. The fourth-order valence-electron chi connectivity index (χ4n) is 1.35. The number of halogens is 3. The van der Waals surface area contributed by atoms with Crippen molar-refractivity contribution in [1.29, 1.82) is 0 Å². The first-order chi connectivity index (χ1) is 7.22. The Morgan fingerprint density at radius 3 is 2.87 bits per heavy atom. The molecule has 0 aliphatic rings. The average Bonchev–Trinajstić information content (AvgIpc) is 2.64. The first-order valence-electron chi connectivity index (χ1n) is 4.26. The molecule has 1 heterocycles. The standard InChI is InChI=1S/C10H7BrClFN2/c11-8-5-14-15(6-8)10-7(4-12)2-1-3-9(10)13/h1-3,5-6H,4H2. The Hall–Kier alpha value is -0.870. The van der Waals surface area contributed by atoms with E-state index in [1.54, 1.807) is 24.5 Å². The van der Waals surface area contributed by atoms with Crippen LogP contribution in [0.2, 0.25) is 0 Å². The van der Waals surface area contributed by atoms with E-state index in [0.717, 1.165) is 4.47 Å². The van der Waals surface area contributed by atoms with E-state index < -0.39 is 0 Å². The largest absolute Gasteiger partial charge is 0.237 e. The molecular weight excluding hydrogens is 282 g/mol. The van der Waals surface area contributed by atoms with Crippen molar-refractivity contribution in [3.63, 3.8) is 0 Å². The van der Waals surface area contributed by atoms with Crippen molar-refractivity contribution in [2.24, 2.45) is 0 Å². The molecule has 0 spiro atoms. The Balaban J connectivity index is 2.60. The number of benzene rings is 1. The van der Waals surface area contributed by atoms with Gasteiger partial charge in [-0.05, 0) is 27.6 Å². The summed E-state index contributed by atoms with van der Waals surface area (Å²) in [7, 11) is 0. The van der Waals surface area contributed by atoms with Crippen molar-refractivity contribution < 1.29 is 4.39 Å². The number of aromatic nitrogens is 2. The maximum absolute atomic E-state index is 13.6. The monoisotopic (exact) mass is 288 g/mol.